The molecule has 0 bridgehead atoms. The Morgan fingerprint density at radius 1 is 0.864 bits per heavy atom. The van der Waals surface area contributed by atoms with Crippen LogP contribution in [0.3, 0.4) is 0 Å². The summed E-state index contributed by atoms with van der Waals surface area (Å²) in [5.41, 5.74) is 3.09. The second-order valence-electron chi connectivity index (χ2n) is 5.79. The van der Waals surface area contributed by atoms with Gasteiger partial charge in [0.05, 0.1) is 11.3 Å². The molecule has 0 amide bonds. The maximum absolute atomic E-state index is 4.61. The number of rotatable bonds is 2. The number of benzene rings is 2. The van der Waals surface area contributed by atoms with Crippen molar-refractivity contribution in [1.29, 1.82) is 0 Å². The summed E-state index contributed by atoms with van der Waals surface area (Å²) in [4.78, 5) is 4.61. The Morgan fingerprint density at radius 3 is 2.41 bits per heavy atom. The standard InChI is InChI=1S/C21H21N/c1-3-9-18(10-4-1)15-16-20-13-7-8-14-21(20)22-17-19-11-5-2-6-12-19/h2,5-8,11-14,17-18H,1,3-4,9-10H2. The van der Waals surface area contributed by atoms with Crippen LogP contribution in [-0.4, -0.2) is 6.21 Å². The van der Waals surface area contributed by atoms with Gasteiger partial charge in [0, 0.05) is 12.1 Å². The molecular weight excluding hydrogens is 266 g/mol. The van der Waals surface area contributed by atoms with Gasteiger partial charge in [-0.3, -0.25) is 4.99 Å². The van der Waals surface area contributed by atoms with Crippen molar-refractivity contribution in [1.82, 2.24) is 0 Å². The molecule has 1 aliphatic rings. The lowest BCUT2D eigenvalue weighted by Crippen LogP contribution is -2.03. The Balaban J connectivity index is 1.78. The monoisotopic (exact) mass is 287 g/mol. The predicted octanol–water partition coefficient (Wildman–Crippen LogP) is 5.37. The number of nitrogens with zero attached hydrogens (tertiary/aromatic N) is 1. The fourth-order valence-corrected chi connectivity index (χ4v) is 2.80. The zero-order valence-corrected chi connectivity index (χ0v) is 12.8. The molecule has 110 valence electrons. The molecule has 0 unspecified atom stereocenters. The van der Waals surface area contributed by atoms with Crippen LogP contribution < -0.4 is 0 Å². The van der Waals surface area contributed by atoms with Gasteiger partial charge in [-0.25, -0.2) is 0 Å². The summed E-state index contributed by atoms with van der Waals surface area (Å²) in [6, 6.07) is 18.3. The molecule has 1 heteroatoms. The van der Waals surface area contributed by atoms with Crippen molar-refractivity contribution in [2.75, 3.05) is 0 Å². The minimum Gasteiger partial charge on any atom is -0.255 e. The first-order valence-corrected chi connectivity index (χ1v) is 8.11. The van der Waals surface area contributed by atoms with Crippen LogP contribution in [0.15, 0.2) is 59.6 Å². The SMILES string of the molecule is C(#CC1CCCCC1)c1ccccc1N=Cc1ccccc1. The molecular formula is C21H21N. The molecule has 22 heavy (non-hydrogen) atoms. The largest absolute Gasteiger partial charge is 0.255 e. The van der Waals surface area contributed by atoms with E-state index in [0.29, 0.717) is 5.92 Å². The van der Waals surface area contributed by atoms with Crippen molar-refractivity contribution in [3.05, 3.63) is 65.7 Å². The van der Waals surface area contributed by atoms with E-state index in [4.69, 9.17) is 0 Å². The molecule has 2 aromatic carbocycles. The van der Waals surface area contributed by atoms with Crippen LogP contribution in [0, 0.1) is 17.8 Å². The van der Waals surface area contributed by atoms with Gasteiger partial charge < -0.3 is 0 Å². The summed E-state index contributed by atoms with van der Waals surface area (Å²) < 4.78 is 0. The zero-order valence-electron chi connectivity index (χ0n) is 12.8. The van der Waals surface area contributed by atoms with Gasteiger partial charge in [-0.1, -0.05) is 73.6 Å². The van der Waals surface area contributed by atoms with Crippen molar-refractivity contribution in [3.63, 3.8) is 0 Å². The van der Waals surface area contributed by atoms with Crippen LogP contribution in [-0.2, 0) is 0 Å². The van der Waals surface area contributed by atoms with E-state index in [9.17, 15) is 0 Å². The highest BCUT2D eigenvalue weighted by atomic mass is 14.7. The van der Waals surface area contributed by atoms with E-state index in [0.717, 1.165) is 16.8 Å². The van der Waals surface area contributed by atoms with Gasteiger partial charge in [-0.15, -0.1) is 0 Å². The summed E-state index contributed by atoms with van der Waals surface area (Å²) in [6.45, 7) is 0. The van der Waals surface area contributed by atoms with E-state index in [1.165, 1.54) is 32.1 Å². The first-order valence-electron chi connectivity index (χ1n) is 8.11. The van der Waals surface area contributed by atoms with Crippen molar-refractivity contribution in [2.45, 2.75) is 32.1 Å². The highest BCUT2D eigenvalue weighted by Gasteiger charge is 2.10. The lowest BCUT2D eigenvalue weighted by Gasteiger charge is -2.15. The fraction of sp³-hybridized carbons (Fsp3) is 0.286. The van der Waals surface area contributed by atoms with E-state index in [-0.39, 0.29) is 0 Å². The predicted molar refractivity (Wildman–Crippen MR) is 93.6 cm³/mol. The average molecular weight is 287 g/mol. The number of hydrogen-bond acceptors (Lipinski definition) is 1. The Hall–Kier alpha value is -2.33. The van der Waals surface area contributed by atoms with E-state index < -0.39 is 0 Å². The van der Waals surface area contributed by atoms with Gasteiger partial charge in [0.2, 0.25) is 0 Å². The van der Waals surface area contributed by atoms with Gasteiger partial charge in [-0.05, 0) is 30.5 Å². The average Bonchev–Trinajstić information content (AvgIpc) is 2.61. The maximum atomic E-state index is 4.61. The van der Waals surface area contributed by atoms with Crippen molar-refractivity contribution in [2.24, 2.45) is 10.9 Å². The van der Waals surface area contributed by atoms with Gasteiger partial charge >= 0.3 is 0 Å². The van der Waals surface area contributed by atoms with Crippen LogP contribution in [0.4, 0.5) is 5.69 Å². The summed E-state index contributed by atoms with van der Waals surface area (Å²) in [5.74, 6) is 7.38. The smallest absolute Gasteiger partial charge is 0.0786 e. The topological polar surface area (TPSA) is 12.4 Å². The summed E-state index contributed by atoms with van der Waals surface area (Å²) >= 11 is 0. The molecule has 0 spiro atoms. The quantitative estimate of drug-likeness (QED) is 0.520. The molecule has 0 aliphatic heterocycles. The van der Waals surface area contributed by atoms with Gasteiger partial charge in [0.25, 0.3) is 0 Å². The van der Waals surface area contributed by atoms with Gasteiger partial charge in [-0.2, -0.15) is 0 Å². The van der Waals surface area contributed by atoms with Crippen molar-refractivity contribution < 1.29 is 0 Å². The molecule has 0 radical (unpaired) electrons. The third-order valence-electron chi connectivity index (χ3n) is 4.07. The number of hydrogen-bond donors (Lipinski definition) is 0. The highest BCUT2D eigenvalue weighted by molar-refractivity contribution is 5.82. The molecule has 3 rings (SSSR count). The normalized spacial score (nSPS) is 15.5. The minimum absolute atomic E-state index is 0.569. The van der Waals surface area contributed by atoms with E-state index in [1.54, 1.807) is 0 Å². The Bertz CT molecular complexity index is 683. The molecule has 0 aromatic heterocycles. The molecule has 0 saturated heterocycles. The Kier molecular flexibility index (Phi) is 5.05. The first-order chi connectivity index (χ1) is 10.9. The highest BCUT2D eigenvalue weighted by Crippen LogP contribution is 2.23. The van der Waals surface area contributed by atoms with Crippen LogP contribution in [0.2, 0.25) is 0 Å². The van der Waals surface area contributed by atoms with Crippen LogP contribution >= 0.6 is 0 Å². The Morgan fingerprint density at radius 2 is 1.59 bits per heavy atom. The fourth-order valence-electron chi connectivity index (χ4n) is 2.80. The number of aliphatic imine (C=N–C) groups is 1. The Labute approximate surface area is 133 Å². The lowest BCUT2D eigenvalue weighted by molar-refractivity contribution is 0.430. The molecule has 1 saturated carbocycles. The molecule has 0 N–H and O–H groups in total. The molecule has 2 aromatic rings. The van der Waals surface area contributed by atoms with Crippen LogP contribution in [0.1, 0.15) is 43.2 Å². The maximum Gasteiger partial charge on any atom is 0.0786 e. The van der Waals surface area contributed by atoms with Crippen molar-refractivity contribution >= 4 is 11.9 Å². The second-order valence-corrected chi connectivity index (χ2v) is 5.79. The van der Waals surface area contributed by atoms with Crippen LogP contribution in [0.5, 0.6) is 0 Å². The third kappa shape index (κ3) is 4.09. The summed E-state index contributed by atoms with van der Waals surface area (Å²) in [5, 5.41) is 0. The lowest BCUT2D eigenvalue weighted by atomic mass is 9.89. The number of para-hydroxylation sites is 1. The first kappa shape index (κ1) is 14.6. The molecule has 1 fully saturated rings. The molecule has 0 heterocycles. The van der Waals surface area contributed by atoms with Crippen LogP contribution in [0.25, 0.3) is 0 Å². The summed E-state index contributed by atoms with van der Waals surface area (Å²) in [6.07, 6.45) is 8.43. The van der Waals surface area contributed by atoms with E-state index >= 15 is 0 Å². The third-order valence-corrected chi connectivity index (χ3v) is 4.07. The van der Waals surface area contributed by atoms with E-state index in [2.05, 4.69) is 35.0 Å². The molecule has 1 aliphatic carbocycles. The summed E-state index contributed by atoms with van der Waals surface area (Å²) in [7, 11) is 0. The zero-order chi connectivity index (χ0) is 15.0. The molecule has 0 atom stereocenters. The molecule has 1 nitrogen and oxygen atoms in total. The van der Waals surface area contributed by atoms with Crippen molar-refractivity contribution in [3.8, 4) is 11.8 Å². The van der Waals surface area contributed by atoms with E-state index in [1.807, 2.05) is 42.6 Å². The van der Waals surface area contributed by atoms with Gasteiger partial charge in [0.15, 0.2) is 0 Å². The minimum atomic E-state index is 0.569. The van der Waals surface area contributed by atoms with Gasteiger partial charge in [0.1, 0.15) is 0 Å². The second kappa shape index (κ2) is 7.61.